The van der Waals surface area contributed by atoms with Crippen molar-refractivity contribution in [1.29, 1.82) is 0 Å². The van der Waals surface area contributed by atoms with Crippen LogP contribution in [0, 0.1) is 6.92 Å². The van der Waals surface area contributed by atoms with E-state index in [-0.39, 0.29) is 12.5 Å². The second kappa shape index (κ2) is 6.40. The van der Waals surface area contributed by atoms with Gasteiger partial charge in [-0.3, -0.25) is 4.79 Å². The van der Waals surface area contributed by atoms with Gasteiger partial charge in [-0.1, -0.05) is 29.8 Å². The van der Waals surface area contributed by atoms with E-state index in [1.165, 1.54) is 16.9 Å². The third-order valence-corrected chi connectivity index (χ3v) is 5.82. The molecule has 1 aliphatic rings. The highest BCUT2D eigenvalue weighted by molar-refractivity contribution is 7.99. The molecule has 2 N–H and O–H groups in total. The van der Waals surface area contributed by atoms with E-state index in [2.05, 4.69) is 10.3 Å². The van der Waals surface area contributed by atoms with Crippen LogP contribution in [0.15, 0.2) is 29.6 Å². The molecule has 22 heavy (non-hydrogen) atoms. The number of aromatic nitrogens is 1. The summed E-state index contributed by atoms with van der Waals surface area (Å²) in [7, 11) is 0. The summed E-state index contributed by atoms with van der Waals surface area (Å²) < 4.78 is 0. The smallest absolute Gasteiger partial charge is 0.270 e. The number of carbonyl (C=O) groups excluding carboxylic acids is 1. The van der Waals surface area contributed by atoms with Gasteiger partial charge in [0.05, 0.1) is 5.60 Å². The van der Waals surface area contributed by atoms with Gasteiger partial charge in [-0.2, -0.15) is 11.8 Å². The molecule has 4 nitrogen and oxygen atoms in total. The molecule has 1 saturated heterocycles. The fourth-order valence-corrected chi connectivity index (χ4v) is 4.38. The number of aliphatic hydroxyl groups is 1. The van der Waals surface area contributed by atoms with Crippen LogP contribution in [0.1, 0.15) is 22.5 Å². The SMILES string of the molecule is Cc1ccc(-c2nc(C(=O)NCC3(O)CCSC3)cs2)cc1. The first kappa shape index (κ1) is 15.5. The molecule has 1 aromatic heterocycles. The van der Waals surface area contributed by atoms with Crippen LogP contribution in [0.2, 0.25) is 0 Å². The zero-order valence-electron chi connectivity index (χ0n) is 12.3. The molecule has 0 saturated carbocycles. The van der Waals surface area contributed by atoms with Crippen molar-refractivity contribution in [3.05, 3.63) is 40.9 Å². The highest BCUT2D eigenvalue weighted by Crippen LogP contribution is 2.27. The Hall–Kier alpha value is -1.37. The molecule has 0 aliphatic carbocycles. The lowest BCUT2D eigenvalue weighted by Gasteiger charge is -2.21. The van der Waals surface area contributed by atoms with Crippen LogP contribution in [0.5, 0.6) is 0 Å². The van der Waals surface area contributed by atoms with Crippen LogP contribution < -0.4 is 5.32 Å². The molecule has 1 fully saturated rings. The minimum Gasteiger partial charge on any atom is -0.387 e. The highest BCUT2D eigenvalue weighted by Gasteiger charge is 2.32. The van der Waals surface area contributed by atoms with Gasteiger partial charge in [-0.15, -0.1) is 11.3 Å². The number of hydrogen-bond acceptors (Lipinski definition) is 5. The first-order valence-corrected chi connectivity index (χ1v) is 9.20. The Morgan fingerprint density at radius 1 is 1.41 bits per heavy atom. The topological polar surface area (TPSA) is 62.2 Å². The Bertz CT molecular complexity index is 661. The number of thioether (sulfide) groups is 1. The van der Waals surface area contributed by atoms with E-state index in [4.69, 9.17) is 0 Å². The van der Waals surface area contributed by atoms with Crippen molar-refractivity contribution in [3.63, 3.8) is 0 Å². The van der Waals surface area contributed by atoms with E-state index in [0.717, 1.165) is 22.7 Å². The molecule has 2 heterocycles. The summed E-state index contributed by atoms with van der Waals surface area (Å²) in [5.41, 5.74) is 1.85. The van der Waals surface area contributed by atoms with Crippen LogP contribution in [0.4, 0.5) is 0 Å². The molecule has 6 heteroatoms. The maximum absolute atomic E-state index is 12.2. The lowest BCUT2D eigenvalue weighted by atomic mass is 10.0. The third kappa shape index (κ3) is 3.51. The van der Waals surface area contributed by atoms with E-state index in [1.807, 2.05) is 31.2 Å². The first-order valence-electron chi connectivity index (χ1n) is 7.17. The number of carbonyl (C=O) groups is 1. The van der Waals surface area contributed by atoms with E-state index in [9.17, 15) is 9.90 Å². The van der Waals surface area contributed by atoms with Gasteiger partial charge in [0, 0.05) is 23.2 Å². The molecule has 116 valence electrons. The second-order valence-corrected chi connectivity index (χ2v) is 7.58. The zero-order valence-corrected chi connectivity index (χ0v) is 14.0. The summed E-state index contributed by atoms with van der Waals surface area (Å²) in [5, 5.41) is 15.6. The zero-order chi connectivity index (χ0) is 15.6. The van der Waals surface area contributed by atoms with Crippen molar-refractivity contribution in [2.75, 3.05) is 18.1 Å². The number of nitrogens with zero attached hydrogens (tertiary/aromatic N) is 1. The maximum atomic E-state index is 12.2. The fourth-order valence-electron chi connectivity index (χ4n) is 2.28. The molecular weight excluding hydrogens is 316 g/mol. The number of benzene rings is 1. The summed E-state index contributed by atoms with van der Waals surface area (Å²) in [4.78, 5) is 16.6. The van der Waals surface area contributed by atoms with Crippen molar-refractivity contribution < 1.29 is 9.90 Å². The Labute approximate surface area is 138 Å². The second-order valence-electron chi connectivity index (χ2n) is 5.61. The number of thiazole rings is 1. The highest BCUT2D eigenvalue weighted by atomic mass is 32.2. The minimum atomic E-state index is -0.768. The molecule has 1 aliphatic heterocycles. The van der Waals surface area contributed by atoms with Gasteiger partial charge in [0.15, 0.2) is 0 Å². The standard InChI is InChI=1S/C16H18N2O2S2/c1-11-2-4-12(5-3-11)15-18-13(8-22-15)14(19)17-9-16(20)6-7-21-10-16/h2-5,8,20H,6-7,9-10H2,1H3,(H,17,19). The third-order valence-electron chi connectivity index (χ3n) is 3.70. The van der Waals surface area contributed by atoms with Gasteiger partial charge < -0.3 is 10.4 Å². The molecule has 2 aromatic rings. The lowest BCUT2D eigenvalue weighted by Crippen LogP contribution is -2.43. The Balaban J connectivity index is 1.65. The molecule has 1 aromatic carbocycles. The summed E-state index contributed by atoms with van der Waals surface area (Å²) in [6.45, 7) is 2.33. The van der Waals surface area contributed by atoms with Crippen LogP contribution in [-0.2, 0) is 0 Å². The molecule has 1 atom stereocenters. The summed E-state index contributed by atoms with van der Waals surface area (Å²) in [6.07, 6.45) is 0.726. The van der Waals surface area contributed by atoms with Gasteiger partial charge in [-0.05, 0) is 19.1 Å². The van der Waals surface area contributed by atoms with Gasteiger partial charge in [-0.25, -0.2) is 4.98 Å². The van der Waals surface area contributed by atoms with Crippen molar-refractivity contribution in [3.8, 4) is 10.6 Å². The molecule has 1 unspecified atom stereocenters. The molecular formula is C16H18N2O2S2. The van der Waals surface area contributed by atoms with E-state index < -0.39 is 5.60 Å². The minimum absolute atomic E-state index is 0.222. The van der Waals surface area contributed by atoms with Gasteiger partial charge >= 0.3 is 0 Å². The predicted molar refractivity (Wildman–Crippen MR) is 91.5 cm³/mol. The number of nitrogens with one attached hydrogen (secondary N) is 1. The summed E-state index contributed by atoms with van der Waals surface area (Å²) >= 11 is 3.17. The monoisotopic (exact) mass is 334 g/mol. The number of amides is 1. The van der Waals surface area contributed by atoms with E-state index in [0.29, 0.717) is 11.4 Å². The largest absolute Gasteiger partial charge is 0.387 e. The van der Waals surface area contributed by atoms with Crippen molar-refractivity contribution >= 4 is 29.0 Å². The number of aryl methyl sites for hydroxylation is 1. The molecule has 0 bridgehead atoms. The summed E-state index contributed by atoms with van der Waals surface area (Å²) in [5.74, 6) is 1.40. The first-order chi connectivity index (χ1) is 10.6. The quantitative estimate of drug-likeness (QED) is 0.902. The number of hydrogen-bond donors (Lipinski definition) is 2. The van der Waals surface area contributed by atoms with E-state index in [1.54, 1.807) is 17.1 Å². The average molecular weight is 334 g/mol. The van der Waals surface area contributed by atoms with Gasteiger partial charge in [0.1, 0.15) is 10.7 Å². The van der Waals surface area contributed by atoms with Gasteiger partial charge in [0.25, 0.3) is 5.91 Å². The lowest BCUT2D eigenvalue weighted by molar-refractivity contribution is 0.0611. The molecule has 0 radical (unpaired) electrons. The van der Waals surface area contributed by atoms with Crippen LogP contribution in [0.3, 0.4) is 0 Å². The fraction of sp³-hybridized carbons (Fsp3) is 0.375. The summed E-state index contributed by atoms with van der Waals surface area (Å²) in [6, 6.07) is 8.08. The molecule has 3 rings (SSSR count). The van der Waals surface area contributed by atoms with Crippen molar-refractivity contribution in [2.45, 2.75) is 18.9 Å². The van der Waals surface area contributed by atoms with E-state index >= 15 is 0 Å². The van der Waals surface area contributed by atoms with Gasteiger partial charge in [0.2, 0.25) is 0 Å². The van der Waals surface area contributed by atoms with Crippen molar-refractivity contribution in [1.82, 2.24) is 10.3 Å². The van der Waals surface area contributed by atoms with Crippen LogP contribution >= 0.6 is 23.1 Å². The van der Waals surface area contributed by atoms with Crippen molar-refractivity contribution in [2.24, 2.45) is 0 Å². The molecule has 1 amide bonds. The average Bonchev–Trinajstić information content (AvgIpc) is 3.15. The molecule has 0 spiro atoms. The normalized spacial score (nSPS) is 21.0. The maximum Gasteiger partial charge on any atom is 0.270 e. The predicted octanol–water partition coefficient (Wildman–Crippen LogP) is 2.72. The Morgan fingerprint density at radius 3 is 2.86 bits per heavy atom. The van der Waals surface area contributed by atoms with Crippen LogP contribution in [0.25, 0.3) is 10.6 Å². The number of rotatable bonds is 4. The Morgan fingerprint density at radius 2 is 2.18 bits per heavy atom. The Kier molecular flexibility index (Phi) is 4.52. The van der Waals surface area contributed by atoms with Crippen LogP contribution in [-0.4, -0.2) is 39.6 Å².